The molecule has 0 saturated heterocycles. The number of unbranched alkanes of at least 4 members (excludes halogenated alkanes) is 1. The van der Waals surface area contributed by atoms with E-state index in [4.69, 9.17) is 0 Å². The number of allylic oxidation sites excluding steroid dienone is 1. The van der Waals surface area contributed by atoms with E-state index in [1.165, 1.54) is 6.26 Å². The molecular weight excluding hydrogens is 152 g/mol. The fraction of sp³-hybridized carbons (Fsp3) is 0.667. The monoisotopic (exact) mass is 164 g/mol. The van der Waals surface area contributed by atoms with Crippen LogP contribution >= 0.6 is 0 Å². The highest BCUT2D eigenvalue weighted by molar-refractivity contribution is 7.86. The third-order valence-electron chi connectivity index (χ3n) is 0.782. The number of hydrogen-bond donors (Lipinski definition) is 0. The lowest BCUT2D eigenvalue weighted by molar-refractivity contribution is 0.448. The molecule has 60 valence electrons. The van der Waals surface area contributed by atoms with Crippen LogP contribution in [0.5, 0.6) is 0 Å². The van der Waals surface area contributed by atoms with Crippen LogP contribution in [0.25, 0.3) is 0 Å². The van der Waals surface area contributed by atoms with Gasteiger partial charge in [-0.15, -0.1) is 0 Å². The van der Waals surface area contributed by atoms with Crippen molar-refractivity contribution in [3.63, 3.8) is 0 Å². The minimum absolute atomic E-state index is 0.843. The first-order chi connectivity index (χ1) is 4.56. The molecule has 0 amide bonds. The van der Waals surface area contributed by atoms with Crippen molar-refractivity contribution in [1.82, 2.24) is 0 Å². The Morgan fingerprint density at radius 3 is 2.50 bits per heavy atom. The molecule has 0 radical (unpaired) electrons. The van der Waals surface area contributed by atoms with Gasteiger partial charge in [0.1, 0.15) is 6.26 Å². The molecular formula is C6H12O3S. The summed E-state index contributed by atoms with van der Waals surface area (Å²) in [4.78, 5) is 0. The minimum atomic E-state index is -3.29. The third kappa shape index (κ3) is 7.49. The van der Waals surface area contributed by atoms with Crippen molar-refractivity contribution < 1.29 is 12.6 Å². The molecule has 0 saturated carbocycles. The van der Waals surface area contributed by atoms with E-state index >= 15 is 0 Å². The number of rotatable bonds is 4. The van der Waals surface area contributed by atoms with Gasteiger partial charge in [-0.25, -0.2) is 0 Å². The van der Waals surface area contributed by atoms with Crippen LogP contribution in [-0.2, 0) is 14.3 Å². The molecule has 10 heavy (non-hydrogen) atoms. The van der Waals surface area contributed by atoms with Crippen LogP contribution in [0.4, 0.5) is 0 Å². The maximum absolute atomic E-state index is 10.3. The average Bonchev–Trinajstić information content (AvgIpc) is 1.78. The summed E-state index contributed by atoms with van der Waals surface area (Å²) in [5.41, 5.74) is 0. The van der Waals surface area contributed by atoms with Crippen LogP contribution in [0.2, 0.25) is 0 Å². The predicted octanol–water partition coefficient (Wildman–Crippen LogP) is 1.28. The van der Waals surface area contributed by atoms with Gasteiger partial charge in [-0.2, -0.15) is 8.42 Å². The lowest BCUT2D eigenvalue weighted by atomic mass is 10.3. The first kappa shape index (κ1) is 9.49. The van der Waals surface area contributed by atoms with Gasteiger partial charge < -0.3 is 4.18 Å². The van der Waals surface area contributed by atoms with E-state index in [0.717, 1.165) is 19.1 Å². The standard InChI is InChI=1S/C6H12O3S/c1-3-4-5-6-9-10(2,7)8/h5-6H,3-4H2,1-2H3. The molecule has 0 aliphatic carbocycles. The summed E-state index contributed by atoms with van der Waals surface area (Å²) in [6.07, 6.45) is 5.74. The highest BCUT2D eigenvalue weighted by atomic mass is 32.2. The molecule has 0 fully saturated rings. The first-order valence-corrected chi connectivity index (χ1v) is 4.91. The molecule has 0 spiro atoms. The largest absolute Gasteiger partial charge is 0.391 e. The van der Waals surface area contributed by atoms with Gasteiger partial charge in [0.05, 0.1) is 6.26 Å². The zero-order valence-electron chi connectivity index (χ0n) is 6.20. The Hall–Kier alpha value is -0.510. The van der Waals surface area contributed by atoms with Crippen molar-refractivity contribution in [2.24, 2.45) is 0 Å². The summed E-state index contributed by atoms with van der Waals surface area (Å²) in [5.74, 6) is 0. The molecule has 0 bridgehead atoms. The lowest BCUT2D eigenvalue weighted by Crippen LogP contribution is -1.95. The van der Waals surface area contributed by atoms with E-state index < -0.39 is 10.1 Å². The first-order valence-electron chi connectivity index (χ1n) is 3.09. The second-order valence-electron chi connectivity index (χ2n) is 1.96. The van der Waals surface area contributed by atoms with Crippen molar-refractivity contribution in [3.05, 3.63) is 12.3 Å². The normalized spacial score (nSPS) is 12.2. The van der Waals surface area contributed by atoms with Crippen LogP contribution in [0.1, 0.15) is 19.8 Å². The van der Waals surface area contributed by atoms with Crippen molar-refractivity contribution in [1.29, 1.82) is 0 Å². The SMILES string of the molecule is CCCC=COS(C)(=O)=O. The Morgan fingerprint density at radius 2 is 2.10 bits per heavy atom. The van der Waals surface area contributed by atoms with Crippen molar-refractivity contribution >= 4 is 10.1 Å². The Labute approximate surface area is 61.8 Å². The van der Waals surface area contributed by atoms with E-state index in [9.17, 15) is 8.42 Å². The Kier molecular flexibility index (Phi) is 4.11. The molecule has 0 aromatic heterocycles. The third-order valence-corrected chi connectivity index (χ3v) is 1.24. The number of hydrogen-bond acceptors (Lipinski definition) is 3. The summed E-state index contributed by atoms with van der Waals surface area (Å²) in [6.45, 7) is 2.00. The molecule has 0 unspecified atom stereocenters. The molecule has 0 heterocycles. The van der Waals surface area contributed by atoms with Crippen molar-refractivity contribution in [2.45, 2.75) is 19.8 Å². The van der Waals surface area contributed by atoms with Crippen LogP contribution in [-0.4, -0.2) is 14.7 Å². The van der Waals surface area contributed by atoms with Gasteiger partial charge in [-0.3, -0.25) is 0 Å². The maximum Gasteiger partial charge on any atom is 0.305 e. The summed E-state index contributed by atoms with van der Waals surface area (Å²) in [6, 6.07) is 0. The zero-order chi connectivity index (χ0) is 8.04. The highest BCUT2D eigenvalue weighted by Gasteiger charge is 1.94. The quantitative estimate of drug-likeness (QED) is 0.464. The van der Waals surface area contributed by atoms with Crippen LogP contribution < -0.4 is 0 Å². The average molecular weight is 164 g/mol. The molecule has 3 nitrogen and oxygen atoms in total. The van der Waals surface area contributed by atoms with Crippen LogP contribution in [0.3, 0.4) is 0 Å². The van der Waals surface area contributed by atoms with Gasteiger partial charge in [-0.05, 0) is 12.5 Å². The second-order valence-corrected chi connectivity index (χ2v) is 3.56. The molecule has 4 heteroatoms. The Balaban J connectivity index is 3.55. The van der Waals surface area contributed by atoms with Gasteiger partial charge in [0.15, 0.2) is 0 Å². The Morgan fingerprint density at radius 1 is 1.50 bits per heavy atom. The summed E-state index contributed by atoms with van der Waals surface area (Å²) in [5, 5.41) is 0. The van der Waals surface area contributed by atoms with Gasteiger partial charge in [-0.1, -0.05) is 13.3 Å². The highest BCUT2D eigenvalue weighted by Crippen LogP contribution is 1.92. The molecule has 0 aromatic carbocycles. The van der Waals surface area contributed by atoms with Gasteiger partial charge in [0.25, 0.3) is 0 Å². The van der Waals surface area contributed by atoms with Gasteiger partial charge in [0.2, 0.25) is 0 Å². The van der Waals surface area contributed by atoms with E-state index in [2.05, 4.69) is 4.18 Å². The van der Waals surface area contributed by atoms with Gasteiger partial charge >= 0.3 is 10.1 Å². The van der Waals surface area contributed by atoms with E-state index in [-0.39, 0.29) is 0 Å². The minimum Gasteiger partial charge on any atom is -0.391 e. The smallest absolute Gasteiger partial charge is 0.305 e. The van der Waals surface area contributed by atoms with Crippen LogP contribution in [0.15, 0.2) is 12.3 Å². The fourth-order valence-corrected chi connectivity index (χ4v) is 0.655. The van der Waals surface area contributed by atoms with E-state index in [1.54, 1.807) is 6.08 Å². The van der Waals surface area contributed by atoms with E-state index in [1.807, 2.05) is 6.92 Å². The predicted molar refractivity (Wildman–Crippen MR) is 40.0 cm³/mol. The second kappa shape index (κ2) is 4.33. The summed E-state index contributed by atoms with van der Waals surface area (Å²) in [7, 11) is -3.29. The molecule has 0 aliphatic heterocycles. The summed E-state index contributed by atoms with van der Waals surface area (Å²) >= 11 is 0. The zero-order valence-corrected chi connectivity index (χ0v) is 7.02. The topological polar surface area (TPSA) is 43.4 Å². The fourth-order valence-electron chi connectivity index (χ4n) is 0.375. The van der Waals surface area contributed by atoms with E-state index in [0.29, 0.717) is 0 Å². The maximum atomic E-state index is 10.3. The molecule has 0 N–H and O–H groups in total. The van der Waals surface area contributed by atoms with Crippen molar-refractivity contribution in [3.8, 4) is 0 Å². The lowest BCUT2D eigenvalue weighted by Gasteiger charge is -1.92. The molecule has 0 aliphatic rings. The molecule has 0 aromatic rings. The Bertz CT molecular complexity index is 191. The summed E-state index contributed by atoms with van der Waals surface area (Å²) < 4.78 is 25.0. The molecule has 0 atom stereocenters. The van der Waals surface area contributed by atoms with Crippen LogP contribution in [0, 0.1) is 0 Å². The van der Waals surface area contributed by atoms with Crippen molar-refractivity contribution in [2.75, 3.05) is 6.26 Å². The molecule has 0 rings (SSSR count). The van der Waals surface area contributed by atoms with Gasteiger partial charge in [0, 0.05) is 0 Å².